The van der Waals surface area contributed by atoms with Gasteiger partial charge >= 0.3 is 6.18 Å². The molecule has 0 N–H and O–H groups in total. The smallest absolute Gasteiger partial charge is 0.416 e. The number of nitrogens with zero attached hydrogens (tertiary/aromatic N) is 1. The standard InChI is InChI=1S/C24H26F3NO3/c25-24(26,27)21-6-2-1-5-18(21)11-15-29-20-9-8-19-10-12-28(22(19)17-20)13-16-31-23-7-3-4-14-30-23/h1-2,5-6,8-10,12,17,23H,3-4,7,11,13-16H2. The molecule has 1 aromatic heterocycles. The first-order chi connectivity index (χ1) is 15.0. The van der Waals surface area contributed by atoms with Crippen LogP contribution in [0.3, 0.4) is 0 Å². The summed E-state index contributed by atoms with van der Waals surface area (Å²) in [6, 6.07) is 13.4. The van der Waals surface area contributed by atoms with E-state index in [-0.39, 0.29) is 24.9 Å². The van der Waals surface area contributed by atoms with E-state index < -0.39 is 11.7 Å². The van der Waals surface area contributed by atoms with Crippen LogP contribution in [0.5, 0.6) is 5.75 Å². The van der Waals surface area contributed by atoms with Gasteiger partial charge in [-0.25, -0.2) is 0 Å². The lowest BCUT2D eigenvalue weighted by Gasteiger charge is -2.22. The van der Waals surface area contributed by atoms with Crippen molar-refractivity contribution < 1.29 is 27.4 Å². The third-order valence-corrected chi connectivity index (χ3v) is 5.48. The fraction of sp³-hybridized carbons (Fsp3) is 0.417. The fourth-order valence-electron chi connectivity index (χ4n) is 3.87. The number of aromatic nitrogens is 1. The lowest BCUT2D eigenvalue weighted by Crippen LogP contribution is -2.23. The minimum absolute atomic E-state index is 0.117. The first-order valence-corrected chi connectivity index (χ1v) is 10.6. The molecule has 0 spiro atoms. The third-order valence-electron chi connectivity index (χ3n) is 5.48. The van der Waals surface area contributed by atoms with E-state index in [4.69, 9.17) is 14.2 Å². The highest BCUT2D eigenvalue weighted by atomic mass is 19.4. The predicted molar refractivity (Wildman–Crippen MR) is 112 cm³/mol. The SMILES string of the molecule is FC(F)(F)c1ccccc1CCOc1ccc2ccn(CCOC3CCCCO3)c2c1. The minimum atomic E-state index is -4.36. The molecule has 0 aliphatic carbocycles. The monoisotopic (exact) mass is 433 g/mol. The number of halogens is 3. The second kappa shape index (κ2) is 9.75. The van der Waals surface area contributed by atoms with Gasteiger partial charge in [0.05, 0.1) is 24.3 Å². The summed E-state index contributed by atoms with van der Waals surface area (Å²) in [7, 11) is 0. The zero-order chi connectivity index (χ0) is 21.7. The van der Waals surface area contributed by atoms with Crippen molar-refractivity contribution in [2.45, 2.75) is 44.7 Å². The van der Waals surface area contributed by atoms with Gasteiger partial charge in [-0.05, 0) is 54.5 Å². The van der Waals surface area contributed by atoms with Gasteiger partial charge in [-0.3, -0.25) is 0 Å². The first-order valence-electron chi connectivity index (χ1n) is 10.6. The molecule has 166 valence electrons. The maximum Gasteiger partial charge on any atom is 0.416 e. The second-order valence-corrected chi connectivity index (χ2v) is 7.65. The molecule has 1 atom stereocenters. The Labute approximate surface area is 179 Å². The molecule has 0 radical (unpaired) electrons. The van der Waals surface area contributed by atoms with E-state index in [1.54, 1.807) is 6.07 Å². The van der Waals surface area contributed by atoms with Crippen molar-refractivity contribution in [2.75, 3.05) is 19.8 Å². The van der Waals surface area contributed by atoms with Gasteiger partial charge in [-0.15, -0.1) is 0 Å². The minimum Gasteiger partial charge on any atom is -0.493 e. The van der Waals surface area contributed by atoms with Crippen molar-refractivity contribution in [1.29, 1.82) is 0 Å². The summed E-state index contributed by atoms with van der Waals surface area (Å²) in [6.07, 6.45) is 0.860. The van der Waals surface area contributed by atoms with Crippen LogP contribution in [0.4, 0.5) is 13.2 Å². The van der Waals surface area contributed by atoms with Crippen LogP contribution in [0.25, 0.3) is 10.9 Å². The highest BCUT2D eigenvalue weighted by molar-refractivity contribution is 5.81. The molecule has 4 nitrogen and oxygen atoms in total. The van der Waals surface area contributed by atoms with E-state index in [0.29, 0.717) is 18.9 Å². The fourth-order valence-corrected chi connectivity index (χ4v) is 3.87. The molecule has 31 heavy (non-hydrogen) atoms. The van der Waals surface area contributed by atoms with Crippen LogP contribution >= 0.6 is 0 Å². The number of benzene rings is 2. The maximum atomic E-state index is 13.1. The summed E-state index contributed by atoms with van der Waals surface area (Å²) in [5.41, 5.74) is 0.632. The molecule has 2 heterocycles. The van der Waals surface area contributed by atoms with Gasteiger partial charge in [0.25, 0.3) is 0 Å². The van der Waals surface area contributed by atoms with Crippen molar-refractivity contribution in [1.82, 2.24) is 4.57 Å². The Morgan fingerprint density at radius 2 is 1.90 bits per heavy atom. The van der Waals surface area contributed by atoms with Gasteiger partial charge in [0.2, 0.25) is 0 Å². The van der Waals surface area contributed by atoms with E-state index in [2.05, 4.69) is 4.57 Å². The van der Waals surface area contributed by atoms with Crippen molar-refractivity contribution in [3.05, 3.63) is 65.9 Å². The molecular formula is C24H26F3NO3. The molecule has 1 aliphatic rings. The van der Waals surface area contributed by atoms with E-state index in [1.807, 2.05) is 30.5 Å². The number of alkyl halides is 3. The van der Waals surface area contributed by atoms with Crippen LogP contribution in [-0.4, -0.2) is 30.7 Å². The van der Waals surface area contributed by atoms with E-state index >= 15 is 0 Å². The van der Waals surface area contributed by atoms with Crippen LogP contribution < -0.4 is 4.74 Å². The second-order valence-electron chi connectivity index (χ2n) is 7.65. The molecule has 3 aromatic rings. The number of fused-ring (bicyclic) bond motifs is 1. The maximum absolute atomic E-state index is 13.1. The number of hydrogen-bond acceptors (Lipinski definition) is 3. The number of rotatable bonds is 8. The topological polar surface area (TPSA) is 32.6 Å². The Kier molecular flexibility index (Phi) is 6.83. The van der Waals surface area contributed by atoms with Crippen molar-refractivity contribution in [3.8, 4) is 5.75 Å². The molecule has 2 aromatic carbocycles. The summed E-state index contributed by atoms with van der Waals surface area (Å²) in [5.74, 6) is 0.633. The van der Waals surface area contributed by atoms with E-state index in [1.165, 1.54) is 12.1 Å². The molecular weight excluding hydrogens is 407 g/mol. The Bertz CT molecular complexity index is 993. The Hall–Kier alpha value is -2.51. The van der Waals surface area contributed by atoms with Crippen molar-refractivity contribution >= 4 is 10.9 Å². The average Bonchev–Trinajstić information content (AvgIpc) is 3.16. The average molecular weight is 433 g/mol. The molecule has 1 aliphatic heterocycles. The molecule has 0 amide bonds. The summed E-state index contributed by atoms with van der Waals surface area (Å²) in [4.78, 5) is 0. The zero-order valence-corrected chi connectivity index (χ0v) is 17.2. The highest BCUT2D eigenvalue weighted by Gasteiger charge is 2.32. The normalized spacial score (nSPS) is 17.2. The van der Waals surface area contributed by atoms with Gasteiger partial charge in [0, 0.05) is 31.8 Å². The van der Waals surface area contributed by atoms with Gasteiger partial charge in [-0.1, -0.05) is 18.2 Å². The number of ether oxygens (including phenoxy) is 3. The van der Waals surface area contributed by atoms with Gasteiger partial charge < -0.3 is 18.8 Å². The van der Waals surface area contributed by atoms with Crippen LogP contribution in [0.1, 0.15) is 30.4 Å². The van der Waals surface area contributed by atoms with Crippen LogP contribution in [-0.2, 0) is 28.6 Å². The van der Waals surface area contributed by atoms with E-state index in [0.717, 1.165) is 42.8 Å². The molecule has 1 fully saturated rings. The molecule has 0 bridgehead atoms. The van der Waals surface area contributed by atoms with Crippen molar-refractivity contribution in [3.63, 3.8) is 0 Å². The Balaban J connectivity index is 1.35. The summed E-state index contributed by atoms with van der Waals surface area (Å²) in [5, 5.41) is 1.07. The molecule has 1 unspecified atom stereocenters. The van der Waals surface area contributed by atoms with Gasteiger partial charge in [-0.2, -0.15) is 13.2 Å². The zero-order valence-electron chi connectivity index (χ0n) is 17.2. The quantitative estimate of drug-likeness (QED) is 0.448. The van der Waals surface area contributed by atoms with Crippen molar-refractivity contribution in [2.24, 2.45) is 0 Å². The largest absolute Gasteiger partial charge is 0.493 e. The summed E-state index contributed by atoms with van der Waals surface area (Å²) >= 11 is 0. The lowest BCUT2D eigenvalue weighted by molar-refractivity contribution is -0.163. The Morgan fingerprint density at radius 1 is 1.03 bits per heavy atom. The van der Waals surface area contributed by atoms with Gasteiger partial charge in [0.15, 0.2) is 6.29 Å². The highest BCUT2D eigenvalue weighted by Crippen LogP contribution is 2.32. The van der Waals surface area contributed by atoms with Crippen LogP contribution in [0.2, 0.25) is 0 Å². The van der Waals surface area contributed by atoms with Crippen LogP contribution in [0.15, 0.2) is 54.7 Å². The molecule has 0 saturated carbocycles. The van der Waals surface area contributed by atoms with E-state index in [9.17, 15) is 13.2 Å². The van der Waals surface area contributed by atoms with Gasteiger partial charge in [0.1, 0.15) is 5.75 Å². The predicted octanol–water partition coefficient (Wildman–Crippen LogP) is 5.82. The molecule has 7 heteroatoms. The van der Waals surface area contributed by atoms with Crippen LogP contribution in [0, 0.1) is 0 Å². The molecule has 4 rings (SSSR count). The Morgan fingerprint density at radius 3 is 2.71 bits per heavy atom. The first kappa shape index (κ1) is 21.7. The summed E-state index contributed by atoms with van der Waals surface area (Å²) < 4.78 is 58.7. The lowest BCUT2D eigenvalue weighted by atomic mass is 10.0. The molecule has 1 saturated heterocycles. The number of hydrogen-bond donors (Lipinski definition) is 0. The summed E-state index contributed by atoms with van der Waals surface area (Å²) in [6.45, 7) is 2.16. The third kappa shape index (κ3) is 5.60.